The molecule has 1 aliphatic rings. The second-order valence-electron chi connectivity index (χ2n) is 5.02. The zero-order chi connectivity index (χ0) is 16.2. The van der Waals surface area contributed by atoms with E-state index < -0.39 is 11.3 Å². The lowest BCUT2D eigenvalue weighted by atomic mass is 10.2. The average molecular weight is 352 g/mol. The van der Waals surface area contributed by atoms with Crippen molar-refractivity contribution >= 4 is 44.8 Å². The normalized spacial score (nSPS) is 16.2. The van der Waals surface area contributed by atoms with E-state index in [9.17, 15) is 8.76 Å². The van der Waals surface area contributed by atoms with Gasteiger partial charge in [-0.1, -0.05) is 11.3 Å². The fraction of sp³-hybridized carbons (Fsp3) is 0.385. The van der Waals surface area contributed by atoms with Crippen LogP contribution in [0.3, 0.4) is 0 Å². The Bertz CT molecular complexity index is 715. The summed E-state index contributed by atoms with van der Waals surface area (Å²) in [6, 6.07) is 5.63. The van der Waals surface area contributed by atoms with Crippen molar-refractivity contribution in [2.45, 2.75) is 12.8 Å². The molecule has 1 unspecified atom stereocenters. The second kappa shape index (κ2) is 7.11. The number of azo groups is 1. The molecular weight excluding hydrogens is 336 g/mol. The van der Waals surface area contributed by atoms with Crippen molar-refractivity contribution in [1.29, 1.82) is 0 Å². The first kappa shape index (κ1) is 16.0. The molecule has 1 N–H and O–H groups in total. The van der Waals surface area contributed by atoms with Gasteiger partial charge in [0.2, 0.25) is 0 Å². The Hall–Kier alpha value is -1.91. The Balaban J connectivity index is 1.95. The van der Waals surface area contributed by atoms with Crippen LogP contribution >= 0.6 is 11.3 Å². The maximum Gasteiger partial charge on any atom is 0.261 e. The molecule has 2 heterocycles. The number of rotatable bonds is 5. The zero-order valence-electron chi connectivity index (χ0n) is 12.5. The largest absolute Gasteiger partial charge is 0.371 e. The molecule has 1 aliphatic heterocycles. The molecule has 1 fully saturated rings. The molecule has 0 saturated carbocycles. The van der Waals surface area contributed by atoms with Gasteiger partial charge in [0.05, 0.1) is 5.69 Å². The standard InChI is InChI=1S/C13H16N6O2S2/c1-18(23(20)21)12-8-10(19-6-2-3-7-19)4-5-11(12)15-17-13-16-14-9-22-13/h4-5,8-9H,2-3,6-7H2,1H3,(H,20,21). The Kier molecular flexibility index (Phi) is 4.94. The molecule has 1 atom stereocenters. The van der Waals surface area contributed by atoms with E-state index in [-0.39, 0.29) is 0 Å². The summed E-state index contributed by atoms with van der Waals surface area (Å²) in [4.78, 5) is 2.25. The van der Waals surface area contributed by atoms with Crippen molar-refractivity contribution in [3.05, 3.63) is 23.7 Å². The monoisotopic (exact) mass is 352 g/mol. The van der Waals surface area contributed by atoms with Gasteiger partial charge in [0.25, 0.3) is 16.4 Å². The highest BCUT2D eigenvalue weighted by Gasteiger charge is 2.17. The molecule has 0 radical (unpaired) electrons. The average Bonchev–Trinajstić information content (AvgIpc) is 3.25. The van der Waals surface area contributed by atoms with Crippen LogP contribution in [-0.2, 0) is 11.3 Å². The van der Waals surface area contributed by atoms with Gasteiger partial charge in [-0.05, 0) is 31.0 Å². The van der Waals surface area contributed by atoms with Crippen LogP contribution in [0.15, 0.2) is 33.9 Å². The highest BCUT2D eigenvalue weighted by atomic mass is 32.2. The maximum absolute atomic E-state index is 11.4. The van der Waals surface area contributed by atoms with Crippen LogP contribution in [0.4, 0.5) is 22.2 Å². The number of nitrogens with zero attached hydrogens (tertiary/aromatic N) is 6. The van der Waals surface area contributed by atoms with E-state index in [1.165, 1.54) is 15.6 Å². The first-order valence-electron chi connectivity index (χ1n) is 7.07. The Morgan fingerprint density at radius 1 is 1.35 bits per heavy atom. The molecule has 1 aromatic carbocycles. The molecule has 0 bridgehead atoms. The summed E-state index contributed by atoms with van der Waals surface area (Å²) in [6.07, 6.45) is 2.32. The third-order valence-corrected chi connectivity index (χ3v) is 4.83. The number of hydrogen-bond acceptors (Lipinski definition) is 7. The van der Waals surface area contributed by atoms with Crippen molar-refractivity contribution < 1.29 is 8.76 Å². The third-order valence-electron chi connectivity index (χ3n) is 3.60. The molecule has 3 rings (SSSR count). The summed E-state index contributed by atoms with van der Waals surface area (Å²) in [5.74, 6) is 0. The Morgan fingerprint density at radius 2 is 2.13 bits per heavy atom. The Labute approximate surface area is 140 Å². The SMILES string of the molecule is CN(c1cc(N2CCCC2)ccc1N=Nc1nncs1)S(=O)O. The van der Waals surface area contributed by atoms with E-state index in [4.69, 9.17) is 0 Å². The van der Waals surface area contributed by atoms with Gasteiger partial charge in [0, 0.05) is 25.8 Å². The van der Waals surface area contributed by atoms with Gasteiger partial charge in [0.1, 0.15) is 11.2 Å². The number of hydrogen-bond donors (Lipinski definition) is 1. The number of aromatic nitrogens is 2. The van der Waals surface area contributed by atoms with Crippen LogP contribution in [-0.4, -0.2) is 39.1 Å². The number of benzene rings is 1. The molecule has 1 aromatic heterocycles. The van der Waals surface area contributed by atoms with Crippen LogP contribution in [0.2, 0.25) is 0 Å². The molecule has 8 nitrogen and oxygen atoms in total. The highest BCUT2D eigenvalue weighted by molar-refractivity contribution is 7.80. The van der Waals surface area contributed by atoms with Gasteiger partial charge in [-0.3, -0.25) is 8.86 Å². The molecule has 0 amide bonds. The molecule has 1 saturated heterocycles. The van der Waals surface area contributed by atoms with Crippen molar-refractivity contribution in [3.63, 3.8) is 0 Å². The molecule has 23 heavy (non-hydrogen) atoms. The van der Waals surface area contributed by atoms with Gasteiger partial charge >= 0.3 is 0 Å². The molecule has 0 spiro atoms. The first-order chi connectivity index (χ1) is 11.1. The van der Waals surface area contributed by atoms with E-state index >= 15 is 0 Å². The molecular formula is C13H16N6O2S2. The lowest BCUT2D eigenvalue weighted by molar-refractivity contribution is 0.562. The first-order valence-corrected chi connectivity index (χ1v) is 9.01. The second-order valence-corrected chi connectivity index (χ2v) is 6.84. The lowest BCUT2D eigenvalue weighted by Gasteiger charge is -2.22. The predicted octanol–water partition coefficient (Wildman–Crippen LogP) is 3.13. The molecule has 0 aliphatic carbocycles. The molecule has 10 heteroatoms. The highest BCUT2D eigenvalue weighted by Crippen LogP contribution is 2.35. The van der Waals surface area contributed by atoms with Crippen LogP contribution < -0.4 is 9.21 Å². The van der Waals surface area contributed by atoms with Gasteiger partial charge in [-0.15, -0.1) is 20.4 Å². The summed E-state index contributed by atoms with van der Waals surface area (Å²) in [5, 5.41) is 16.1. The van der Waals surface area contributed by atoms with Crippen LogP contribution in [0.25, 0.3) is 0 Å². The minimum Gasteiger partial charge on any atom is -0.371 e. The van der Waals surface area contributed by atoms with E-state index in [1.807, 2.05) is 12.1 Å². The van der Waals surface area contributed by atoms with E-state index in [0.29, 0.717) is 16.5 Å². The van der Waals surface area contributed by atoms with Crippen molar-refractivity contribution in [1.82, 2.24) is 10.2 Å². The van der Waals surface area contributed by atoms with Crippen LogP contribution in [0, 0.1) is 0 Å². The minimum atomic E-state index is -2.13. The molecule has 2 aromatic rings. The fourth-order valence-electron chi connectivity index (χ4n) is 2.41. The van der Waals surface area contributed by atoms with Crippen LogP contribution in [0.5, 0.6) is 0 Å². The van der Waals surface area contributed by atoms with E-state index in [1.54, 1.807) is 18.6 Å². The van der Waals surface area contributed by atoms with Gasteiger partial charge in [-0.25, -0.2) is 4.21 Å². The van der Waals surface area contributed by atoms with Crippen molar-refractivity contribution in [2.24, 2.45) is 10.2 Å². The summed E-state index contributed by atoms with van der Waals surface area (Å²) >= 11 is -0.861. The quantitative estimate of drug-likeness (QED) is 0.659. The van der Waals surface area contributed by atoms with Gasteiger partial charge in [-0.2, -0.15) is 0 Å². The lowest BCUT2D eigenvalue weighted by Crippen LogP contribution is -2.21. The smallest absolute Gasteiger partial charge is 0.261 e. The summed E-state index contributed by atoms with van der Waals surface area (Å²) < 4.78 is 22.1. The van der Waals surface area contributed by atoms with Gasteiger partial charge < -0.3 is 4.90 Å². The predicted molar refractivity (Wildman–Crippen MR) is 91.1 cm³/mol. The van der Waals surface area contributed by atoms with E-state index in [0.717, 1.165) is 31.6 Å². The summed E-state index contributed by atoms with van der Waals surface area (Å²) in [7, 11) is 1.54. The van der Waals surface area contributed by atoms with Crippen molar-refractivity contribution in [2.75, 3.05) is 29.3 Å². The van der Waals surface area contributed by atoms with Crippen molar-refractivity contribution in [3.8, 4) is 0 Å². The number of anilines is 2. The van der Waals surface area contributed by atoms with Gasteiger partial charge in [0.15, 0.2) is 0 Å². The summed E-state index contributed by atoms with van der Waals surface area (Å²) in [6.45, 7) is 1.99. The molecule has 122 valence electrons. The summed E-state index contributed by atoms with van der Waals surface area (Å²) in [5.41, 5.74) is 3.64. The topological polar surface area (TPSA) is 94.3 Å². The van der Waals surface area contributed by atoms with Crippen LogP contribution in [0.1, 0.15) is 12.8 Å². The maximum atomic E-state index is 11.4. The third kappa shape index (κ3) is 3.71. The minimum absolute atomic E-state index is 0.437. The van der Waals surface area contributed by atoms with E-state index in [2.05, 4.69) is 25.3 Å². The zero-order valence-corrected chi connectivity index (χ0v) is 14.1. The fourth-order valence-corrected chi connectivity index (χ4v) is 3.10. The Morgan fingerprint density at radius 3 is 2.78 bits per heavy atom.